The molecule has 2 N–H and O–H groups in total. The predicted molar refractivity (Wildman–Crippen MR) is 73.2 cm³/mol. The van der Waals surface area contributed by atoms with Crippen molar-refractivity contribution >= 4 is 0 Å². The van der Waals surface area contributed by atoms with Gasteiger partial charge < -0.3 is 10.4 Å². The fraction of sp³-hybridized carbons (Fsp3) is 0.600. The van der Waals surface area contributed by atoms with Crippen LogP contribution in [0.2, 0.25) is 0 Å². The molecule has 2 heteroatoms. The summed E-state index contributed by atoms with van der Waals surface area (Å²) in [6.45, 7) is 5.70. The number of aliphatic hydroxyl groups excluding tert-OH is 1. The van der Waals surface area contributed by atoms with Gasteiger partial charge in [-0.05, 0) is 38.8 Å². The van der Waals surface area contributed by atoms with Crippen LogP contribution in [0.5, 0.6) is 0 Å². The first kappa shape index (κ1) is 14.2. The third-order valence-electron chi connectivity index (χ3n) is 3.11. The Kier molecular flexibility index (Phi) is 6.90. The molecule has 0 bridgehead atoms. The Hall–Kier alpha value is -0.860. The molecule has 0 amide bonds. The molecule has 1 rings (SSSR count). The molecule has 0 aromatic heterocycles. The van der Waals surface area contributed by atoms with Crippen LogP contribution >= 0.6 is 0 Å². The summed E-state index contributed by atoms with van der Waals surface area (Å²) in [5.41, 5.74) is 2.66. The zero-order valence-corrected chi connectivity index (χ0v) is 11.1. The Morgan fingerprint density at radius 3 is 2.35 bits per heavy atom. The van der Waals surface area contributed by atoms with Crippen molar-refractivity contribution in [3.63, 3.8) is 0 Å². The molecule has 1 aromatic rings. The Morgan fingerprint density at radius 2 is 1.71 bits per heavy atom. The summed E-state index contributed by atoms with van der Waals surface area (Å²) in [7, 11) is 0. The van der Waals surface area contributed by atoms with E-state index in [-0.39, 0.29) is 0 Å². The average Bonchev–Trinajstić information content (AvgIpc) is 2.34. The van der Waals surface area contributed by atoms with E-state index in [1.165, 1.54) is 24.0 Å². The molecule has 1 atom stereocenters. The standard InChI is InChI=1S/C15H25NO/c1-13-7-9-15(10-8-13)14(2)16-11-5-3-4-6-12-17/h7-10,14,16-17H,3-6,11-12H2,1-2H3/t14-/m1/s1. The maximum absolute atomic E-state index is 8.67. The lowest BCUT2D eigenvalue weighted by molar-refractivity contribution is 0.282. The smallest absolute Gasteiger partial charge is 0.0431 e. The molecule has 0 saturated carbocycles. The third kappa shape index (κ3) is 5.85. The van der Waals surface area contributed by atoms with E-state index in [0.717, 1.165) is 19.4 Å². The SMILES string of the molecule is Cc1ccc([C@@H](C)NCCCCCCO)cc1. The highest BCUT2D eigenvalue weighted by molar-refractivity contribution is 5.23. The minimum Gasteiger partial charge on any atom is -0.396 e. The van der Waals surface area contributed by atoms with Crippen LogP contribution in [0.3, 0.4) is 0 Å². The fourth-order valence-electron chi connectivity index (χ4n) is 1.88. The first-order valence-electron chi connectivity index (χ1n) is 6.65. The number of aliphatic hydroxyl groups is 1. The van der Waals surface area contributed by atoms with E-state index in [1.807, 2.05) is 0 Å². The largest absolute Gasteiger partial charge is 0.396 e. The number of hydrogen-bond acceptors (Lipinski definition) is 2. The van der Waals surface area contributed by atoms with Crippen molar-refractivity contribution in [2.75, 3.05) is 13.2 Å². The van der Waals surface area contributed by atoms with Gasteiger partial charge in [0, 0.05) is 12.6 Å². The normalized spacial score (nSPS) is 12.6. The summed E-state index contributed by atoms with van der Waals surface area (Å²) in [5, 5.41) is 12.2. The topological polar surface area (TPSA) is 32.3 Å². The lowest BCUT2D eigenvalue weighted by Gasteiger charge is -2.14. The second kappa shape index (κ2) is 8.26. The van der Waals surface area contributed by atoms with Crippen molar-refractivity contribution in [1.29, 1.82) is 0 Å². The second-order valence-electron chi connectivity index (χ2n) is 4.72. The molecule has 0 spiro atoms. The summed E-state index contributed by atoms with van der Waals surface area (Å²) in [5.74, 6) is 0. The van der Waals surface area contributed by atoms with E-state index in [4.69, 9.17) is 5.11 Å². The Morgan fingerprint density at radius 1 is 1.06 bits per heavy atom. The molecule has 2 nitrogen and oxygen atoms in total. The molecule has 1 aromatic carbocycles. The van der Waals surface area contributed by atoms with Gasteiger partial charge in [-0.1, -0.05) is 42.7 Å². The van der Waals surface area contributed by atoms with Gasteiger partial charge in [0.15, 0.2) is 0 Å². The lowest BCUT2D eigenvalue weighted by Crippen LogP contribution is -2.19. The minimum absolute atomic E-state index is 0.327. The molecule has 96 valence electrons. The maximum Gasteiger partial charge on any atom is 0.0431 e. The number of aryl methyl sites for hydroxylation is 1. The van der Waals surface area contributed by atoms with E-state index < -0.39 is 0 Å². The molecule has 0 aliphatic rings. The predicted octanol–water partition coefficient (Wildman–Crippen LogP) is 3.20. The first-order chi connectivity index (χ1) is 8.24. The van der Waals surface area contributed by atoms with Crippen molar-refractivity contribution in [2.45, 2.75) is 45.6 Å². The molecule has 17 heavy (non-hydrogen) atoms. The van der Waals surface area contributed by atoms with E-state index in [1.54, 1.807) is 0 Å². The average molecular weight is 235 g/mol. The van der Waals surface area contributed by atoms with E-state index in [2.05, 4.69) is 43.4 Å². The Labute approximate surface area is 105 Å². The van der Waals surface area contributed by atoms with Crippen LogP contribution < -0.4 is 5.32 Å². The summed E-state index contributed by atoms with van der Waals surface area (Å²) in [6, 6.07) is 9.13. The van der Waals surface area contributed by atoms with Crippen LogP contribution in [0, 0.1) is 6.92 Å². The quantitative estimate of drug-likeness (QED) is 0.678. The van der Waals surface area contributed by atoms with Gasteiger partial charge in [-0.15, -0.1) is 0 Å². The van der Waals surface area contributed by atoms with E-state index in [0.29, 0.717) is 12.6 Å². The summed E-state index contributed by atoms with van der Waals surface area (Å²) in [6.07, 6.45) is 4.47. The Bertz CT molecular complexity index is 294. The van der Waals surface area contributed by atoms with Gasteiger partial charge in [-0.25, -0.2) is 0 Å². The van der Waals surface area contributed by atoms with Crippen LogP contribution in [-0.2, 0) is 0 Å². The third-order valence-corrected chi connectivity index (χ3v) is 3.11. The fourth-order valence-corrected chi connectivity index (χ4v) is 1.88. The van der Waals surface area contributed by atoms with Crippen LogP contribution in [0.25, 0.3) is 0 Å². The van der Waals surface area contributed by atoms with Crippen molar-refractivity contribution in [1.82, 2.24) is 5.32 Å². The van der Waals surface area contributed by atoms with Gasteiger partial charge in [0.2, 0.25) is 0 Å². The van der Waals surface area contributed by atoms with Gasteiger partial charge in [0.1, 0.15) is 0 Å². The molecule has 0 aliphatic carbocycles. The van der Waals surface area contributed by atoms with E-state index >= 15 is 0 Å². The molecule has 0 aliphatic heterocycles. The van der Waals surface area contributed by atoms with Gasteiger partial charge in [-0.2, -0.15) is 0 Å². The zero-order chi connectivity index (χ0) is 12.5. The maximum atomic E-state index is 8.67. The molecule has 0 fully saturated rings. The van der Waals surface area contributed by atoms with Gasteiger partial charge in [0.05, 0.1) is 0 Å². The number of benzene rings is 1. The summed E-state index contributed by atoms with van der Waals surface area (Å²) in [4.78, 5) is 0. The van der Waals surface area contributed by atoms with Crippen LogP contribution in [0.1, 0.15) is 49.8 Å². The first-order valence-corrected chi connectivity index (χ1v) is 6.65. The lowest BCUT2D eigenvalue weighted by atomic mass is 10.1. The molecule has 0 saturated heterocycles. The van der Waals surface area contributed by atoms with Gasteiger partial charge in [-0.3, -0.25) is 0 Å². The molecular weight excluding hydrogens is 210 g/mol. The Balaban J connectivity index is 2.16. The van der Waals surface area contributed by atoms with Crippen molar-refractivity contribution < 1.29 is 5.11 Å². The van der Waals surface area contributed by atoms with Crippen molar-refractivity contribution in [3.05, 3.63) is 35.4 Å². The van der Waals surface area contributed by atoms with Crippen LogP contribution in [0.15, 0.2) is 24.3 Å². The molecule has 0 heterocycles. The van der Waals surface area contributed by atoms with Crippen LogP contribution in [-0.4, -0.2) is 18.3 Å². The minimum atomic E-state index is 0.327. The zero-order valence-electron chi connectivity index (χ0n) is 11.1. The number of unbranched alkanes of at least 4 members (excludes halogenated alkanes) is 3. The highest BCUT2D eigenvalue weighted by Crippen LogP contribution is 2.13. The highest BCUT2D eigenvalue weighted by atomic mass is 16.2. The second-order valence-corrected chi connectivity index (χ2v) is 4.72. The number of hydrogen-bond donors (Lipinski definition) is 2. The summed E-state index contributed by atoms with van der Waals surface area (Å²) >= 11 is 0. The summed E-state index contributed by atoms with van der Waals surface area (Å²) < 4.78 is 0. The number of rotatable bonds is 8. The highest BCUT2D eigenvalue weighted by Gasteiger charge is 2.03. The van der Waals surface area contributed by atoms with Gasteiger partial charge >= 0.3 is 0 Å². The number of nitrogens with one attached hydrogen (secondary N) is 1. The molecule has 0 radical (unpaired) electrons. The molecular formula is C15H25NO. The monoisotopic (exact) mass is 235 g/mol. The molecule has 0 unspecified atom stereocenters. The van der Waals surface area contributed by atoms with E-state index in [9.17, 15) is 0 Å². The van der Waals surface area contributed by atoms with Crippen molar-refractivity contribution in [2.24, 2.45) is 0 Å². The van der Waals surface area contributed by atoms with Gasteiger partial charge in [0.25, 0.3) is 0 Å². The van der Waals surface area contributed by atoms with Crippen LogP contribution in [0.4, 0.5) is 0 Å². The van der Waals surface area contributed by atoms with Crippen molar-refractivity contribution in [3.8, 4) is 0 Å².